The van der Waals surface area contributed by atoms with Gasteiger partial charge in [0.1, 0.15) is 11.3 Å². The molecule has 0 spiro atoms. The molecule has 5 rings (SSSR count). The zero-order valence-electron chi connectivity index (χ0n) is 18.5. The van der Waals surface area contributed by atoms with Crippen LogP contribution in [-0.4, -0.2) is 19.7 Å². The first-order valence-electron chi connectivity index (χ1n) is 10.7. The smallest absolute Gasteiger partial charge is 0.277 e. The average molecular weight is 501 g/mol. The summed E-state index contributed by atoms with van der Waals surface area (Å²) in [4.78, 5) is 16.9. The van der Waals surface area contributed by atoms with Crippen molar-refractivity contribution in [2.45, 2.75) is 13.5 Å². The summed E-state index contributed by atoms with van der Waals surface area (Å²) in [6.07, 6.45) is 0. The Morgan fingerprint density at radius 1 is 1.06 bits per heavy atom. The number of aromatic amines is 1. The Labute approximate surface area is 210 Å². The topological polar surface area (TPSA) is 94.2 Å². The predicted octanol–water partition coefficient (Wildman–Crippen LogP) is 6.00. The van der Waals surface area contributed by atoms with Crippen LogP contribution >= 0.6 is 23.2 Å². The molecule has 5 aromatic rings. The van der Waals surface area contributed by atoms with Gasteiger partial charge in [-0.2, -0.15) is 14.9 Å². The zero-order valence-corrected chi connectivity index (χ0v) is 20.0. The zero-order chi connectivity index (χ0) is 24.7. The first kappa shape index (κ1) is 22.9. The van der Waals surface area contributed by atoms with Crippen molar-refractivity contribution < 1.29 is 5.11 Å². The number of nitriles is 1. The molecule has 35 heavy (non-hydrogen) atoms. The van der Waals surface area contributed by atoms with Crippen molar-refractivity contribution in [3.8, 4) is 39.7 Å². The molecular formula is C27H18Cl2N4O2. The number of nitrogens with zero attached hydrogens (tertiary/aromatic N) is 3. The largest absolute Gasteiger partial charge is 0.392 e. The van der Waals surface area contributed by atoms with Crippen molar-refractivity contribution in [1.29, 1.82) is 5.26 Å². The quantitative estimate of drug-likeness (QED) is 0.316. The molecule has 0 fully saturated rings. The lowest BCUT2D eigenvalue weighted by molar-refractivity contribution is 0.282. The minimum absolute atomic E-state index is 0.126. The third kappa shape index (κ3) is 4.00. The number of H-pyrrole nitrogens is 1. The van der Waals surface area contributed by atoms with E-state index < -0.39 is 0 Å². The van der Waals surface area contributed by atoms with Gasteiger partial charge in [0.2, 0.25) is 0 Å². The molecule has 0 amide bonds. The van der Waals surface area contributed by atoms with Gasteiger partial charge in [-0.05, 0) is 48.4 Å². The normalized spacial score (nSPS) is 11.1. The monoisotopic (exact) mass is 500 g/mol. The molecular weight excluding hydrogens is 483 g/mol. The van der Waals surface area contributed by atoms with E-state index in [2.05, 4.69) is 16.2 Å². The Balaban J connectivity index is 1.87. The molecule has 0 radical (unpaired) electrons. The maximum atomic E-state index is 13.5. The summed E-state index contributed by atoms with van der Waals surface area (Å²) in [6, 6.07) is 21.6. The van der Waals surface area contributed by atoms with Crippen LogP contribution in [0, 0.1) is 18.3 Å². The highest BCUT2D eigenvalue weighted by molar-refractivity contribution is 6.36. The second-order valence-electron chi connectivity index (χ2n) is 8.09. The highest BCUT2D eigenvalue weighted by Crippen LogP contribution is 2.39. The lowest BCUT2D eigenvalue weighted by atomic mass is 9.99. The van der Waals surface area contributed by atoms with Crippen LogP contribution in [0.5, 0.6) is 0 Å². The highest BCUT2D eigenvalue weighted by atomic mass is 35.5. The number of hydrogen-bond acceptors (Lipinski definition) is 4. The number of aliphatic hydroxyl groups is 1. The summed E-state index contributed by atoms with van der Waals surface area (Å²) in [6.45, 7) is 1.60. The lowest BCUT2D eigenvalue weighted by Gasteiger charge is -2.10. The van der Waals surface area contributed by atoms with Gasteiger partial charge in [-0.15, -0.1) is 0 Å². The number of aliphatic hydroxyl groups excluding tert-OH is 1. The second kappa shape index (κ2) is 9.05. The molecule has 172 valence electrons. The molecule has 0 aliphatic heterocycles. The van der Waals surface area contributed by atoms with Gasteiger partial charge >= 0.3 is 0 Å². The second-order valence-corrected chi connectivity index (χ2v) is 8.93. The number of halogens is 2. The number of aromatic nitrogens is 3. The van der Waals surface area contributed by atoms with E-state index in [9.17, 15) is 9.90 Å². The van der Waals surface area contributed by atoms with E-state index in [-0.39, 0.29) is 12.2 Å². The Kier molecular flexibility index (Phi) is 5.91. The van der Waals surface area contributed by atoms with E-state index in [1.165, 1.54) is 4.52 Å². The van der Waals surface area contributed by atoms with Crippen molar-refractivity contribution in [3.63, 3.8) is 0 Å². The molecule has 0 aliphatic carbocycles. The summed E-state index contributed by atoms with van der Waals surface area (Å²) < 4.78 is 1.34. The molecule has 3 aromatic carbocycles. The Hall–Kier alpha value is -3.89. The first-order chi connectivity index (χ1) is 16.9. The van der Waals surface area contributed by atoms with Crippen LogP contribution in [0.1, 0.15) is 16.7 Å². The summed E-state index contributed by atoms with van der Waals surface area (Å²) in [7, 11) is 0. The molecule has 6 nitrogen and oxygen atoms in total. The third-order valence-electron chi connectivity index (χ3n) is 5.90. The van der Waals surface area contributed by atoms with Crippen LogP contribution in [0.3, 0.4) is 0 Å². The maximum absolute atomic E-state index is 13.5. The number of fused-ring (bicyclic) bond motifs is 1. The molecule has 2 heterocycles. The molecule has 0 bridgehead atoms. The predicted molar refractivity (Wildman–Crippen MR) is 138 cm³/mol. The van der Waals surface area contributed by atoms with Crippen molar-refractivity contribution in [2.24, 2.45) is 0 Å². The fraction of sp³-hybridized carbons (Fsp3) is 0.0741. The standard InChI is InChI=1S/C27H18Cl2N4O2/c1-15-24(18-7-5-16(13-30)6-8-18)31-26-23(21-10-9-20(28)12-22(21)29)25(32-33(26)27(15)35)19-4-2-3-17(11-19)14-34/h2-12,31,34H,14H2,1H3. The number of benzene rings is 3. The minimum Gasteiger partial charge on any atom is -0.392 e. The minimum atomic E-state index is -0.283. The number of nitrogens with one attached hydrogen (secondary N) is 1. The SMILES string of the molecule is Cc1c(-c2ccc(C#N)cc2)[nH]c2c(-c3ccc(Cl)cc3Cl)c(-c3cccc(CO)c3)nn2c1=O. The maximum Gasteiger partial charge on any atom is 0.277 e. The van der Waals surface area contributed by atoms with Crippen LogP contribution in [0.4, 0.5) is 0 Å². The molecule has 0 aliphatic rings. The molecule has 0 atom stereocenters. The van der Waals surface area contributed by atoms with E-state index in [0.717, 1.165) is 11.1 Å². The number of rotatable bonds is 4. The van der Waals surface area contributed by atoms with E-state index in [0.29, 0.717) is 54.9 Å². The van der Waals surface area contributed by atoms with Gasteiger partial charge in [-0.3, -0.25) is 4.79 Å². The van der Waals surface area contributed by atoms with Gasteiger partial charge in [-0.25, -0.2) is 0 Å². The van der Waals surface area contributed by atoms with Gasteiger partial charge in [-0.1, -0.05) is 59.6 Å². The lowest BCUT2D eigenvalue weighted by Crippen LogP contribution is -2.19. The fourth-order valence-electron chi connectivity index (χ4n) is 4.12. The van der Waals surface area contributed by atoms with Crippen LogP contribution in [0.15, 0.2) is 71.5 Å². The van der Waals surface area contributed by atoms with Gasteiger partial charge in [0.15, 0.2) is 0 Å². The molecule has 0 saturated heterocycles. The molecule has 0 saturated carbocycles. The van der Waals surface area contributed by atoms with Crippen molar-refractivity contribution >= 4 is 28.8 Å². The van der Waals surface area contributed by atoms with Crippen LogP contribution in [0.2, 0.25) is 10.0 Å². The Morgan fingerprint density at radius 2 is 1.83 bits per heavy atom. The number of hydrogen-bond donors (Lipinski definition) is 2. The van der Waals surface area contributed by atoms with Crippen molar-refractivity contribution in [3.05, 3.63) is 104 Å². The van der Waals surface area contributed by atoms with Crippen molar-refractivity contribution in [1.82, 2.24) is 14.6 Å². The van der Waals surface area contributed by atoms with E-state index >= 15 is 0 Å². The van der Waals surface area contributed by atoms with Crippen LogP contribution in [0.25, 0.3) is 39.3 Å². The summed E-state index contributed by atoms with van der Waals surface area (Å²) in [5.41, 5.74) is 5.84. The third-order valence-corrected chi connectivity index (χ3v) is 6.45. The Morgan fingerprint density at radius 3 is 2.51 bits per heavy atom. The van der Waals surface area contributed by atoms with E-state index in [1.54, 1.807) is 49.4 Å². The van der Waals surface area contributed by atoms with Crippen LogP contribution in [-0.2, 0) is 6.61 Å². The van der Waals surface area contributed by atoms with Gasteiger partial charge in [0.25, 0.3) is 5.56 Å². The first-order valence-corrected chi connectivity index (χ1v) is 11.5. The van der Waals surface area contributed by atoms with E-state index in [4.69, 9.17) is 28.5 Å². The fourth-order valence-corrected chi connectivity index (χ4v) is 4.63. The van der Waals surface area contributed by atoms with Gasteiger partial charge in [0, 0.05) is 21.7 Å². The molecule has 2 aromatic heterocycles. The molecule has 8 heteroatoms. The van der Waals surface area contributed by atoms with Gasteiger partial charge in [0.05, 0.1) is 34.5 Å². The van der Waals surface area contributed by atoms with Crippen molar-refractivity contribution in [2.75, 3.05) is 0 Å². The molecule has 0 unspecified atom stereocenters. The van der Waals surface area contributed by atoms with E-state index in [1.807, 2.05) is 24.3 Å². The molecule has 2 N–H and O–H groups in total. The summed E-state index contributed by atoms with van der Waals surface area (Å²) in [5, 5.41) is 24.4. The average Bonchev–Trinajstić information content (AvgIpc) is 3.26. The summed E-state index contributed by atoms with van der Waals surface area (Å²) in [5.74, 6) is 0. The summed E-state index contributed by atoms with van der Waals surface area (Å²) >= 11 is 12.8. The Bertz CT molecular complexity index is 1700. The highest BCUT2D eigenvalue weighted by Gasteiger charge is 2.23. The van der Waals surface area contributed by atoms with Gasteiger partial charge < -0.3 is 10.1 Å². The van der Waals surface area contributed by atoms with Crippen LogP contribution < -0.4 is 5.56 Å².